The molecule has 25 heavy (non-hydrogen) atoms. The molecule has 9 heteroatoms. The summed E-state index contributed by atoms with van der Waals surface area (Å²) in [5.74, 6) is -0.256. The van der Waals surface area contributed by atoms with Crippen LogP contribution in [0.25, 0.3) is 0 Å². The molecule has 2 heterocycles. The standard InChI is InChI=1S/C16H15N5O3S/c1-10-16(19-15(22)13-6-7-17-20(13)2)25-14(18-10)9-11-4-3-5-12(8-11)21(23)24/h3-8H,9H2,1-2H3,(H,19,22). The fraction of sp³-hybridized carbons (Fsp3) is 0.188. The van der Waals surface area contributed by atoms with Crippen molar-refractivity contribution in [1.82, 2.24) is 14.8 Å². The average Bonchev–Trinajstić information content (AvgIpc) is 3.13. The summed E-state index contributed by atoms with van der Waals surface area (Å²) in [6.07, 6.45) is 2.02. The van der Waals surface area contributed by atoms with Crippen molar-refractivity contribution in [3.05, 3.63) is 68.6 Å². The summed E-state index contributed by atoms with van der Waals surface area (Å²) in [4.78, 5) is 27.2. The first-order valence-electron chi connectivity index (χ1n) is 7.43. The smallest absolute Gasteiger partial charge is 0.274 e. The van der Waals surface area contributed by atoms with Gasteiger partial charge in [-0.15, -0.1) is 11.3 Å². The molecule has 0 atom stereocenters. The van der Waals surface area contributed by atoms with Gasteiger partial charge < -0.3 is 5.32 Å². The predicted molar refractivity (Wildman–Crippen MR) is 93.9 cm³/mol. The van der Waals surface area contributed by atoms with E-state index in [4.69, 9.17) is 0 Å². The molecule has 2 aromatic heterocycles. The maximum atomic E-state index is 12.3. The van der Waals surface area contributed by atoms with Crippen LogP contribution in [0.15, 0.2) is 36.5 Å². The van der Waals surface area contributed by atoms with Crippen molar-refractivity contribution in [2.75, 3.05) is 5.32 Å². The Bertz CT molecular complexity index is 947. The number of nitrogens with zero attached hydrogens (tertiary/aromatic N) is 4. The fourth-order valence-electron chi connectivity index (χ4n) is 2.36. The molecule has 3 aromatic rings. The Morgan fingerprint density at radius 2 is 2.20 bits per heavy atom. The number of carbonyl (C=O) groups excluding carboxylic acids is 1. The highest BCUT2D eigenvalue weighted by Gasteiger charge is 2.15. The van der Waals surface area contributed by atoms with Crippen molar-refractivity contribution in [1.29, 1.82) is 0 Å². The lowest BCUT2D eigenvalue weighted by atomic mass is 10.1. The monoisotopic (exact) mass is 357 g/mol. The molecule has 0 saturated carbocycles. The summed E-state index contributed by atoms with van der Waals surface area (Å²) in [5.41, 5.74) is 2.01. The van der Waals surface area contributed by atoms with E-state index in [0.717, 1.165) is 10.6 Å². The van der Waals surface area contributed by atoms with Crippen LogP contribution in [0.3, 0.4) is 0 Å². The van der Waals surface area contributed by atoms with Crippen molar-refractivity contribution < 1.29 is 9.72 Å². The lowest BCUT2D eigenvalue weighted by Crippen LogP contribution is -2.15. The zero-order chi connectivity index (χ0) is 18.0. The number of benzene rings is 1. The number of rotatable bonds is 5. The number of hydrogen-bond donors (Lipinski definition) is 1. The van der Waals surface area contributed by atoms with Gasteiger partial charge in [-0.1, -0.05) is 12.1 Å². The normalized spacial score (nSPS) is 10.6. The summed E-state index contributed by atoms with van der Waals surface area (Å²) >= 11 is 1.36. The van der Waals surface area contributed by atoms with Crippen molar-refractivity contribution in [2.24, 2.45) is 7.05 Å². The maximum Gasteiger partial charge on any atom is 0.274 e. The van der Waals surface area contributed by atoms with Crippen LogP contribution in [0.2, 0.25) is 0 Å². The molecular weight excluding hydrogens is 342 g/mol. The number of hydrogen-bond acceptors (Lipinski definition) is 6. The molecule has 8 nitrogen and oxygen atoms in total. The van der Waals surface area contributed by atoms with Crippen LogP contribution in [0.1, 0.15) is 26.8 Å². The first-order valence-corrected chi connectivity index (χ1v) is 8.24. The minimum Gasteiger partial charge on any atom is -0.311 e. The van der Waals surface area contributed by atoms with Gasteiger partial charge in [-0.2, -0.15) is 5.10 Å². The molecule has 128 valence electrons. The SMILES string of the molecule is Cc1nc(Cc2cccc([N+](=O)[O-])c2)sc1NC(=O)c1ccnn1C. The summed E-state index contributed by atoms with van der Waals surface area (Å²) in [7, 11) is 1.70. The van der Waals surface area contributed by atoms with Crippen molar-refractivity contribution in [3.63, 3.8) is 0 Å². The van der Waals surface area contributed by atoms with Gasteiger partial charge in [0.1, 0.15) is 10.7 Å². The van der Waals surface area contributed by atoms with E-state index in [1.165, 1.54) is 28.2 Å². The Morgan fingerprint density at radius 3 is 2.88 bits per heavy atom. The molecule has 0 unspecified atom stereocenters. The number of amides is 1. The van der Waals surface area contributed by atoms with Crippen LogP contribution in [0.4, 0.5) is 10.7 Å². The fourth-order valence-corrected chi connectivity index (χ4v) is 3.36. The number of aromatic nitrogens is 3. The Hall–Kier alpha value is -3.07. The van der Waals surface area contributed by atoms with Gasteiger partial charge >= 0.3 is 0 Å². The van der Waals surface area contributed by atoms with Gasteiger partial charge in [0.05, 0.1) is 15.6 Å². The number of non-ortho nitro benzene ring substituents is 1. The molecule has 0 bridgehead atoms. The van der Waals surface area contributed by atoms with Crippen molar-refractivity contribution in [3.8, 4) is 0 Å². The van der Waals surface area contributed by atoms with E-state index < -0.39 is 4.92 Å². The third-order valence-electron chi connectivity index (χ3n) is 3.60. The first-order chi connectivity index (χ1) is 11.9. The van der Waals surface area contributed by atoms with E-state index in [0.29, 0.717) is 22.8 Å². The zero-order valence-corrected chi connectivity index (χ0v) is 14.4. The largest absolute Gasteiger partial charge is 0.311 e. The topological polar surface area (TPSA) is 103 Å². The molecule has 1 amide bonds. The first kappa shape index (κ1) is 16.8. The van der Waals surface area contributed by atoms with Gasteiger partial charge in [0.15, 0.2) is 0 Å². The second kappa shape index (κ2) is 6.81. The van der Waals surface area contributed by atoms with Crippen molar-refractivity contribution >= 4 is 27.9 Å². The van der Waals surface area contributed by atoms with Crippen LogP contribution in [-0.4, -0.2) is 25.6 Å². The van der Waals surface area contributed by atoms with E-state index in [2.05, 4.69) is 15.4 Å². The van der Waals surface area contributed by atoms with E-state index in [9.17, 15) is 14.9 Å². The minimum absolute atomic E-state index is 0.0514. The third kappa shape index (κ3) is 3.72. The van der Waals surface area contributed by atoms with Crippen molar-refractivity contribution in [2.45, 2.75) is 13.3 Å². The number of nitro groups is 1. The van der Waals surface area contributed by atoms with Gasteiger partial charge in [-0.3, -0.25) is 19.6 Å². The summed E-state index contributed by atoms with van der Waals surface area (Å²) in [6.45, 7) is 1.81. The molecule has 1 aromatic carbocycles. The molecule has 0 radical (unpaired) electrons. The van der Waals surface area contributed by atoms with Gasteiger partial charge in [-0.25, -0.2) is 4.98 Å². The Balaban J connectivity index is 1.76. The summed E-state index contributed by atoms with van der Waals surface area (Å²) < 4.78 is 1.50. The number of nitro benzene ring substituents is 1. The molecule has 0 saturated heterocycles. The van der Waals surface area contributed by atoms with Crippen LogP contribution >= 0.6 is 11.3 Å². The number of nitrogens with one attached hydrogen (secondary N) is 1. The molecule has 0 aliphatic carbocycles. The summed E-state index contributed by atoms with van der Waals surface area (Å²) in [5, 5.41) is 19.1. The lowest BCUT2D eigenvalue weighted by Gasteiger charge is -2.03. The molecule has 0 aliphatic rings. The van der Waals surface area contributed by atoms with Crippen LogP contribution in [-0.2, 0) is 13.5 Å². The number of thiazole rings is 1. The molecule has 1 N–H and O–H groups in total. The summed E-state index contributed by atoms with van der Waals surface area (Å²) in [6, 6.07) is 8.09. The molecular formula is C16H15N5O3S. The number of aryl methyl sites for hydroxylation is 2. The quantitative estimate of drug-likeness (QED) is 0.558. The lowest BCUT2D eigenvalue weighted by molar-refractivity contribution is -0.384. The van der Waals surface area contributed by atoms with Crippen LogP contribution in [0.5, 0.6) is 0 Å². The second-order valence-corrected chi connectivity index (χ2v) is 6.50. The molecule has 0 spiro atoms. The predicted octanol–water partition coefficient (Wildman–Crippen LogP) is 2.94. The highest BCUT2D eigenvalue weighted by atomic mass is 32.1. The number of carbonyl (C=O) groups is 1. The highest BCUT2D eigenvalue weighted by Crippen LogP contribution is 2.27. The minimum atomic E-state index is -0.420. The van der Waals surface area contributed by atoms with E-state index in [1.807, 2.05) is 13.0 Å². The second-order valence-electron chi connectivity index (χ2n) is 5.42. The van der Waals surface area contributed by atoms with Gasteiger partial charge in [0.25, 0.3) is 11.6 Å². The molecule has 0 fully saturated rings. The van der Waals surface area contributed by atoms with Crippen LogP contribution < -0.4 is 5.32 Å². The van der Waals surface area contributed by atoms with Crippen LogP contribution in [0, 0.1) is 17.0 Å². The van der Waals surface area contributed by atoms with Gasteiger partial charge in [0.2, 0.25) is 0 Å². The molecule has 3 rings (SSSR count). The Kier molecular flexibility index (Phi) is 4.57. The van der Waals surface area contributed by atoms with E-state index in [1.54, 1.807) is 25.4 Å². The van der Waals surface area contributed by atoms with Gasteiger partial charge in [-0.05, 0) is 18.6 Å². The van der Waals surface area contributed by atoms with E-state index >= 15 is 0 Å². The zero-order valence-electron chi connectivity index (χ0n) is 13.6. The Morgan fingerprint density at radius 1 is 1.40 bits per heavy atom. The highest BCUT2D eigenvalue weighted by molar-refractivity contribution is 7.16. The van der Waals surface area contributed by atoms with Gasteiger partial charge in [0, 0.05) is 31.8 Å². The van der Waals surface area contributed by atoms with E-state index in [-0.39, 0.29) is 11.6 Å². The number of anilines is 1. The Labute approximate surface area is 147 Å². The molecule has 0 aliphatic heterocycles. The average molecular weight is 357 g/mol. The third-order valence-corrected chi connectivity index (χ3v) is 4.67. The maximum absolute atomic E-state index is 12.3.